The molecule has 3 aromatic rings. The quantitative estimate of drug-likeness (QED) is 0.507. The van der Waals surface area contributed by atoms with Gasteiger partial charge >= 0.3 is 0 Å². The average Bonchev–Trinajstić information content (AvgIpc) is 3.14. The summed E-state index contributed by atoms with van der Waals surface area (Å²) >= 11 is 9.07. The van der Waals surface area contributed by atoms with Crippen molar-refractivity contribution in [1.29, 1.82) is 0 Å². The molecule has 1 aromatic heterocycles. The molecular formula is C20H19ClN2O3S2. The van der Waals surface area contributed by atoms with E-state index in [1.54, 1.807) is 50.2 Å². The molecular weight excluding hydrogens is 416 g/mol. The molecule has 146 valence electrons. The van der Waals surface area contributed by atoms with Crippen molar-refractivity contribution in [1.82, 2.24) is 4.98 Å². The van der Waals surface area contributed by atoms with Crippen LogP contribution in [0.25, 0.3) is 0 Å². The number of anilines is 1. The summed E-state index contributed by atoms with van der Waals surface area (Å²) in [4.78, 5) is 16.7. The number of nitrogens with one attached hydrogen (secondary N) is 1. The van der Waals surface area contributed by atoms with E-state index in [4.69, 9.17) is 21.1 Å². The van der Waals surface area contributed by atoms with Crippen molar-refractivity contribution in [3.05, 3.63) is 69.7 Å². The van der Waals surface area contributed by atoms with E-state index in [-0.39, 0.29) is 5.91 Å². The highest BCUT2D eigenvalue weighted by atomic mass is 35.5. The van der Waals surface area contributed by atoms with Crippen molar-refractivity contribution >= 4 is 45.7 Å². The molecule has 28 heavy (non-hydrogen) atoms. The minimum absolute atomic E-state index is 0.223. The molecule has 1 N–H and O–H groups in total. The Bertz CT molecular complexity index is 940. The molecule has 0 atom stereocenters. The summed E-state index contributed by atoms with van der Waals surface area (Å²) < 4.78 is 10.6. The van der Waals surface area contributed by atoms with Gasteiger partial charge in [-0.05, 0) is 35.9 Å². The predicted octanol–water partition coefficient (Wildman–Crippen LogP) is 5.50. The number of carbonyl (C=O) groups excluding carboxylic acids is 1. The fourth-order valence-corrected chi connectivity index (χ4v) is 4.32. The molecule has 0 aliphatic rings. The molecule has 0 unspecified atom stereocenters. The summed E-state index contributed by atoms with van der Waals surface area (Å²) in [6, 6.07) is 12.7. The first-order valence-corrected chi connectivity index (χ1v) is 10.8. The van der Waals surface area contributed by atoms with Crippen molar-refractivity contribution in [3.63, 3.8) is 0 Å². The third-order valence-corrected chi connectivity index (χ3v) is 5.87. The minimum atomic E-state index is -0.223. The number of ether oxygens (including phenoxy) is 2. The Morgan fingerprint density at radius 3 is 2.57 bits per heavy atom. The van der Waals surface area contributed by atoms with Gasteiger partial charge in [0.1, 0.15) is 11.5 Å². The van der Waals surface area contributed by atoms with Crippen molar-refractivity contribution in [3.8, 4) is 11.5 Å². The molecule has 0 aliphatic carbocycles. The third-order valence-electron chi connectivity index (χ3n) is 3.79. The first-order valence-electron chi connectivity index (χ1n) is 8.38. The van der Waals surface area contributed by atoms with Gasteiger partial charge in [-0.3, -0.25) is 10.1 Å². The minimum Gasteiger partial charge on any atom is -0.497 e. The zero-order chi connectivity index (χ0) is 19.9. The highest BCUT2D eigenvalue weighted by molar-refractivity contribution is 7.97. The second-order valence-corrected chi connectivity index (χ2v) is 8.10. The SMILES string of the molecule is COc1cc(CSCc2csc(NC(=O)c3cccc(Cl)c3)n2)cc(OC)c1. The Morgan fingerprint density at radius 2 is 1.89 bits per heavy atom. The third kappa shape index (κ3) is 5.64. The summed E-state index contributed by atoms with van der Waals surface area (Å²) in [6.45, 7) is 0. The van der Waals surface area contributed by atoms with Gasteiger partial charge in [-0.15, -0.1) is 11.3 Å². The number of methoxy groups -OCH3 is 2. The van der Waals surface area contributed by atoms with Gasteiger partial charge < -0.3 is 9.47 Å². The van der Waals surface area contributed by atoms with Gasteiger partial charge in [-0.1, -0.05) is 17.7 Å². The summed E-state index contributed by atoms with van der Waals surface area (Å²) in [7, 11) is 3.28. The normalized spacial score (nSPS) is 10.5. The van der Waals surface area contributed by atoms with E-state index in [0.29, 0.717) is 15.7 Å². The lowest BCUT2D eigenvalue weighted by Crippen LogP contribution is -2.11. The maximum Gasteiger partial charge on any atom is 0.257 e. The molecule has 0 saturated heterocycles. The lowest BCUT2D eigenvalue weighted by molar-refractivity contribution is 0.102. The van der Waals surface area contributed by atoms with Crippen LogP contribution in [0, 0.1) is 0 Å². The van der Waals surface area contributed by atoms with Crippen LogP contribution in [0.4, 0.5) is 5.13 Å². The van der Waals surface area contributed by atoms with Crippen molar-refractivity contribution in [2.75, 3.05) is 19.5 Å². The number of aromatic nitrogens is 1. The number of carbonyl (C=O) groups is 1. The van der Waals surface area contributed by atoms with E-state index >= 15 is 0 Å². The van der Waals surface area contributed by atoms with Crippen LogP contribution in [0.3, 0.4) is 0 Å². The predicted molar refractivity (Wildman–Crippen MR) is 116 cm³/mol. The number of halogens is 1. The molecule has 0 bridgehead atoms. The molecule has 5 nitrogen and oxygen atoms in total. The fourth-order valence-electron chi connectivity index (χ4n) is 2.45. The lowest BCUT2D eigenvalue weighted by atomic mass is 10.2. The van der Waals surface area contributed by atoms with E-state index in [1.165, 1.54) is 11.3 Å². The van der Waals surface area contributed by atoms with E-state index in [2.05, 4.69) is 10.3 Å². The van der Waals surface area contributed by atoms with Crippen LogP contribution in [-0.2, 0) is 11.5 Å². The van der Waals surface area contributed by atoms with Crippen LogP contribution in [0.15, 0.2) is 47.8 Å². The highest BCUT2D eigenvalue weighted by Gasteiger charge is 2.10. The second-order valence-electron chi connectivity index (χ2n) is 5.82. The van der Waals surface area contributed by atoms with E-state index in [0.717, 1.165) is 34.3 Å². The van der Waals surface area contributed by atoms with Gasteiger partial charge in [0.15, 0.2) is 5.13 Å². The maximum atomic E-state index is 12.3. The Hall–Kier alpha value is -2.22. The van der Waals surface area contributed by atoms with Crippen molar-refractivity contribution in [2.45, 2.75) is 11.5 Å². The van der Waals surface area contributed by atoms with Crippen LogP contribution in [0.5, 0.6) is 11.5 Å². The molecule has 8 heteroatoms. The van der Waals surface area contributed by atoms with E-state index in [9.17, 15) is 4.79 Å². The van der Waals surface area contributed by atoms with Gasteiger partial charge in [0, 0.05) is 33.5 Å². The Kier molecular flexibility index (Phi) is 7.19. The van der Waals surface area contributed by atoms with Crippen LogP contribution >= 0.6 is 34.7 Å². The average molecular weight is 435 g/mol. The van der Waals surface area contributed by atoms with Crippen LogP contribution in [0.2, 0.25) is 5.02 Å². The summed E-state index contributed by atoms with van der Waals surface area (Å²) in [6.07, 6.45) is 0. The summed E-state index contributed by atoms with van der Waals surface area (Å²) in [5.41, 5.74) is 2.54. The maximum absolute atomic E-state index is 12.3. The lowest BCUT2D eigenvalue weighted by Gasteiger charge is -2.08. The number of hydrogen-bond donors (Lipinski definition) is 1. The number of thioether (sulfide) groups is 1. The smallest absolute Gasteiger partial charge is 0.257 e. The van der Waals surface area contributed by atoms with E-state index < -0.39 is 0 Å². The van der Waals surface area contributed by atoms with Crippen LogP contribution in [0.1, 0.15) is 21.6 Å². The molecule has 0 saturated carbocycles. The number of nitrogens with zero attached hydrogens (tertiary/aromatic N) is 1. The summed E-state index contributed by atoms with van der Waals surface area (Å²) in [5, 5.41) is 5.86. The molecule has 0 aliphatic heterocycles. The topological polar surface area (TPSA) is 60.5 Å². The number of rotatable bonds is 8. The Labute approximate surface area is 177 Å². The number of thiazole rings is 1. The van der Waals surface area contributed by atoms with Gasteiger partial charge in [0.05, 0.1) is 19.9 Å². The molecule has 3 rings (SSSR count). The second kappa shape index (κ2) is 9.82. The number of amides is 1. The molecule has 2 aromatic carbocycles. The Morgan fingerprint density at radius 1 is 1.14 bits per heavy atom. The van der Waals surface area contributed by atoms with Gasteiger partial charge in [-0.2, -0.15) is 11.8 Å². The standard InChI is InChI=1S/C20H19ClN2O3S2/c1-25-17-6-13(7-18(9-17)26-2)10-27-11-16-12-28-20(22-16)23-19(24)14-4-3-5-15(21)8-14/h3-9,12H,10-11H2,1-2H3,(H,22,23,24). The zero-order valence-corrected chi connectivity index (χ0v) is 17.8. The zero-order valence-electron chi connectivity index (χ0n) is 15.4. The molecule has 0 fully saturated rings. The highest BCUT2D eigenvalue weighted by Crippen LogP contribution is 2.27. The van der Waals surface area contributed by atoms with Gasteiger partial charge in [0.25, 0.3) is 5.91 Å². The van der Waals surface area contributed by atoms with Crippen LogP contribution in [-0.4, -0.2) is 25.1 Å². The molecule has 1 heterocycles. The van der Waals surface area contributed by atoms with Crippen LogP contribution < -0.4 is 14.8 Å². The number of hydrogen-bond acceptors (Lipinski definition) is 6. The van der Waals surface area contributed by atoms with Crippen molar-refractivity contribution < 1.29 is 14.3 Å². The fraction of sp³-hybridized carbons (Fsp3) is 0.200. The molecule has 0 radical (unpaired) electrons. The van der Waals surface area contributed by atoms with Gasteiger partial charge in [0.2, 0.25) is 0 Å². The van der Waals surface area contributed by atoms with E-state index in [1.807, 2.05) is 23.6 Å². The van der Waals surface area contributed by atoms with Crippen molar-refractivity contribution in [2.24, 2.45) is 0 Å². The molecule has 1 amide bonds. The Balaban J connectivity index is 1.54. The first kappa shape index (κ1) is 20.5. The van der Waals surface area contributed by atoms with Gasteiger partial charge in [-0.25, -0.2) is 4.98 Å². The summed E-state index contributed by atoms with van der Waals surface area (Å²) in [5.74, 6) is 2.86. The molecule has 0 spiro atoms. The largest absolute Gasteiger partial charge is 0.497 e. The monoisotopic (exact) mass is 434 g/mol. The number of benzene rings is 2. The first-order chi connectivity index (χ1) is 13.6.